The lowest BCUT2D eigenvalue weighted by Crippen LogP contribution is -2.00. The summed E-state index contributed by atoms with van der Waals surface area (Å²) in [6.07, 6.45) is 1.72. The Kier molecular flexibility index (Phi) is 5.26. The molecule has 0 fully saturated rings. The SMILES string of the molecule is Nc1ccnc2ccccc12.O=C(O)c1cccc(F)c1I. The molecule has 3 aromatic rings. The van der Waals surface area contributed by atoms with Crippen LogP contribution in [0.1, 0.15) is 10.4 Å². The molecule has 4 nitrogen and oxygen atoms in total. The number of rotatable bonds is 1. The summed E-state index contributed by atoms with van der Waals surface area (Å²) in [7, 11) is 0. The van der Waals surface area contributed by atoms with Crippen molar-refractivity contribution in [2.24, 2.45) is 0 Å². The highest BCUT2D eigenvalue weighted by Gasteiger charge is 2.10. The molecule has 1 heterocycles. The Morgan fingerprint density at radius 2 is 1.86 bits per heavy atom. The molecule has 22 heavy (non-hydrogen) atoms. The smallest absolute Gasteiger partial charge is 0.336 e. The number of nitrogens with two attached hydrogens (primary N) is 1. The van der Waals surface area contributed by atoms with E-state index in [0.29, 0.717) is 0 Å². The minimum absolute atomic E-state index is 0.00519. The molecule has 2 aromatic carbocycles. The molecule has 0 saturated heterocycles. The maximum atomic E-state index is 12.7. The molecule has 0 unspecified atom stereocenters. The second kappa shape index (κ2) is 7.17. The zero-order valence-electron chi connectivity index (χ0n) is 11.3. The Bertz CT molecular complexity index is 819. The number of aromatic nitrogens is 1. The minimum atomic E-state index is -1.10. The molecule has 0 saturated carbocycles. The van der Waals surface area contributed by atoms with Gasteiger partial charge in [-0.3, -0.25) is 4.98 Å². The summed E-state index contributed by atoms with van der Waals surface area (Å²) >= 11 is 1.66. The molecule has 0 bridgehead atoms. The lowest BCUT2D eigenvalue weighted by atomic mass is 10.2. The number of pyridine rings is 1. The second-order valence-corrected chi connectivity index (χ2v) is 5.40. The number of hydrogen-bond donors (Lipinski definition) is 2. The molecular formula is C16H12FIN2O2. The summed E-state index contributed by atoms with van der Waals surface area (Å²) in [6.45, 7) is 0. The van der Waals surface area contributed by atoms with Gasteiger partial charge in [-0.1, -0.05) is 24.3 Å². The summed E-state index contributed by atoms with van der Waals surface area (Å²) in [5.41, 5.74) is 7.46. The zero-order valence-corrected chi connectivity index (χ0v) is 13.5. The van der Waals surface area contributed by atoms with Crippen LogP contribution in [0, 0.1) is 9.39 Å². The highest BCUT2D eigenvalue weighted by molar-refractivity contribution is 14.1. The Hall–Kier alpha value is -2.22. The number of anilines is 1. The monoisotopic (exact) mass is 410 g/mol. The predicted molar refractivity (Wildman–Crippen MR) is 92.2 cm³/mol. The molecule has 0 aliphatic heterocycles. The first-order valence-electron chi connectivity index (χ1n) is 6.27. The first-order valence-corrected chi connectivity index (χ1v) is 7.35. The largest absolute Gasteiger partial charge is 0.478 e. The van der Waals surface area contributed by atoms with Gasteiger partial charge in [0.2, 0.25) is 0 Å². The van der Waals surface area contributed by atoms with Crippen LogP contribution in [-0.2, 0) is 0 Å². The highest BCUT2D eigenvalue weighted by atomic mass is 127. The second-order valence-electron chi connectivity index (χ2n) is 4.32. The van der Waals surface area contributed by atoms with Gasteiger partial charge >= 0.3 is 5.97 Å². The molecule has 0 spiro atoms. The number of carboxylic acids is 1. The molecule has 0 aliphatic carbocycles. The van der Waals surface area contributed by atoms with Crippen LogP contribution in [0.2, 0.25) is 0 Å². The van der Waals surface area contributed by atoms with Gasteiger partial charge < -0.3 is 10.8 Å². The van der Waals surface area contributed by atoms with E-state index in [9.17, 15) is 9.18 Å². The minimum Gasteiger partial charge on any atom is -0.478 e. The van der Waals surface area contributed by atoms with Gasteiger partial charge in [0.05, 0.1) is 14.7 Å². The lowest BCUT2D eigenvalue weighted by molar-refractivity contribution is 0.0695. The Balaban J connectivity index is 0.000000160. The maximum absolute atomic E-state index is 12.7. The topological polar surface area (TPSA) is 76.2 Å². The van der Waals surface area contributed by atoms with Crippen molar-refractivity contribution < 1.29 is 14.3 Å². The molecule has 0 atom stereocenters. The summed E-state index contributed by atoms with van der Waals surface area (Å²) < 4.78 is 12.8. The zero-order chi connectivity index (χ0) is 16.1. The van der Waals surface area contributed by atoms with Gasteiger partial charge in [0, 0.05) is 17.3 Å². The van der Waals surface area contributed by atoms with Gasteiger partial charge in [-0.15, -0.1) is 0 Å². The highest BCUT2D eigenvalue weighted by Crippen LogP contribution is 2.17. The molecule has 1 aromatic heterocycles. The number of carbonyl (C=O) groups is 1. The van der Waals surface area contributed by atoms with E-state index in [0.717, 1.165) is 16.6 Å². The fourth-order valence-electron chi connectivity index (χ4n) is 1.79. The molecule has 0 amide bonds. The molecule has 112 valence electrons. The maximum Gasteiger partial charge on any atom is 0.336 e. The van der Waals surface area contributed by atoms with E-state index < -0.39 is 11.8 Å². The predicted octanol–water partition coefficient (Wildman–Crippen LogP) is 3.95. The van der Waals surface area contributed by atoms with Crippen molar-refractivity contribution in [3.63, 3.8) is 0 Å². The van der Waals surface area contributed by atoms with Crippen LogP contribution < -0.4 is 5.73 Å². The third-order valence-electron chi connectivity index (χ3n) is 2.86. The van der Waals surface area contributed by atoms with Crippen molar-refractivity contribution >= 4 is 45.2 Å². The molecule has 3 rings (SSSR count). The fourth-order valence-corrected chi connectivity index (χ4v) is 2.38. The van der Waals surface area contributed by atoms with Gasteiger partial charge in [0.15, 0.2) is 0 Å². The first kappa shape index (κ1) is 16.2. The van der Waals surface area contributed by atoms with Crippen molar-refractivity contribution in [1.29, 1.82) is 0 Å². The third-order valence-corrected chi connectivity index (χ3v) is 3.96. The summed E-state index contributed by atoms with van der Waals surface area (Å²) in [5.74, 6) is -1.60. The van der Waals surface area contributed by atoms with Gasteiger partial charge in [-0.05, 0) is 46.9 Å². The Morgan fingerprint density at radius 1 is 1.14 bits per heavy atom. The number of carboxylic acid groups (broad SMARTS) is 1. The van der Waals surface area contributed by atoms with E-state index in [-0.39, 0.29) is 9.13 Å². The molecule has 0 radical (unpaired) electrons. The third kappa shape index (κ3) is 3.70. The van der Waals surface area contributed by atoms with Crippen LogP contribution >= 0.6 is 22.6 Å². The molecular weight excluding hydrogens is 398 g/mol. The van der Waals surface area contributed by atoms with E-state index >= 15 is 0 Å². The number of nitrogen functional groups attached to an aromatic ring is 1. The normalized spacial score (nSPS) is 9.91. The van der Waals surface area contributed by atoms with Crippen molar-refractivity contribution in [3.05, 3.63) is 69.7 Å². The Morgan fingerprint density at radius 3 is 2.50 bits per heavy atom. The van der Waals surface area contributed by atoms with Crippen LogP contribution in [0.25, 0.3) is 10.9 Å². The fraction of sp³-hybridized carbons (Fsp3) is 0. The van der Waals surface area contributed by atoms with Crippen LogP contribution in [0.15, 0.2) is 54.7 Å². The Labute approximate surface area is 139 Å². The first-order chi connectivity index (χ1) is 10.5. The average molecular weight is 410 g/mol. The van der Waals surface area contributed by atoms with Gasteiger partial charge in [0.25, 0.3) is 0 Å². The average Bonchev–Trinajstić information content (AvgIpc) is 2.51. The number of halogens is 2. The van der Waals surface area contributed by atoms with Crippen LogP contribution in [0.4, 0.5) is 10.1 Å². The van der Waals surface area contributed by atoms with Crippen molar-refractivity contribution in [2.45, 2.75) is 0 Å². The summed E-state index contributed by atoms with van der Waals surface area (Å²) in [5, 5.41) is 9.54. The van der Waals surface area contributed by atoms with Crippen LogP contribution in [0.5, 0.6) is 0 Å². The van der Waals surface area contributed by atoms with Gasteiger partial charge in [-0.25, -0.2) is 9.18 Å². The van der Waals surface area contributed by atoms with Crippen molar-refractivity contribution in [2.75, 3.05) is 5.73 Å². The lowest BCUT2D eigenvalue weighted by Gasteiger charge is -1.97. The van der Waals surface area contributed by atoms with Crippen LogP contribution in [-0.4, -0.2) is 16.1 Å². The summed E-state index contributed by atoms with van der Waals surface area (Å²) in [6, 6.07) is 13.6. The quantitative estimate of drug-likeness (QED) is 0.596. The number of benzene rings is 2. The van der Waals surface area contributed by atoms with Gasteiger partial charge in [-0.2, -0.15) is 0 Å². The van der Waals surface area contributed by atoms with Crippen molar-refractivity contribution in [3.8, 4) is 0 Å². The number of fused-ring (bicyclic) bond motifs is 1. The van der Waals surface area contributed by atoms with E-state index in [2.05, 4.69) is 4.98 Å². The number of nitrogens with zero attached hydrogens (tertiary/aromatic N) is 1. The van der Waals surface area contributed by atoms with Crippen LogP contribution in [0.3, 0.4) is 0 Å². The molecule has 3 N–H and O–H groups in total. The number of aromatic carboxylic acids is 1. The van der Waals surface area contributed by atoms with E-state index in [1.807, 2.05) is 30.3 Å². The number of para-hydroxylation sites is 1. The molecule has 0 aliphatic rings. The van der Waals surface area contributed by atoms with E-state index in [1.54, 1.807) is 28.8 Å². The van der Waals surface area contributed by atoms with Crippen molar-refractivity contribution in [1.82, 2.24) is 4.98 Å². The molecule has 6 heteroatoms. The standard InChI is InChI=1S/C9H8N2.C7H4FIO2/c10-8-5-6-11-9-4-2-1-3-7(8)9;8-5-3-1-2-4(6(5)9)7(10)11/h1-6H,(H2,10,11);1-3H,(H,10,11). The van der Waals surface area contributed by atoms with Gasteiger partial charge in [0.1, 0.15) is 5.82 Å². The number of hydrogen-bond acceptors (Lipinski definition) is 3. The van der Waals surface area contributed by atoms with E-state index in [1.165, 1.54) is 18.2 Å². The van der Waals surface area contributed by atoms with E-state index in [4.69, 9.17) is 10.8 Å². The summed E-state index contributed by atoms with van der Waals surface area (Å²) in [4.78, 5) is 14.6.